The van der Waals surface area contributed by atoms with Crippen LogP contribution in [-0.2, 0) is 0 Å². The van der Waals surface area contributed by atoms with Crippen molar-refractivity contribution >= 4 is 31.4 Å². The molecule has 0 rings (SSSR count). The molecule has 0 fully saturated rings. The van der Waals surface area contributed by atoms with Crippen molar-refractivity contribution in [1.82, 2.24) is 40.9 Å². The second kappa shape index (κ2) is 14.3. The maximum absolute atomic E-state index is 12.2. The summed E-state index contributed by atoms with van der Waals surface area (Å²) in [6.45, 7) is 0. The number of rotatable bonds is 8. The number of nitrogens with zero attached hydrogens (tertiary/aromatic N) is 4. The number of hydrogen-bond donors (Lipinski definition) is 4. The molecule has 0 bridgehead atoms. The molecule has 30 heavy (non-hydrogen) atoms. The van der Waals surface area contributed by atoms with Gasteiger partial charge in [-0.3, -0.25) is 19.6 Å². The molecule has 0 saturated heterocycles. The summed E-state index contributed by atoms with van der Waals surface area (Å²) >= 11 is 0. The molecule has 0 atom stereocenters. The van der Waals surface area contributed by atoms with Crippen LogP contribution in [0.15, 0.2) is 0 Å². The highest BCUT2D eigenvalue weighted by atomic mass is 127. The molecule has 12 nitrogen and oxygen atoms in total. The van der Waals surface area contributed by atoms with Gasteiger partial charge in [-0.1, -0.05) is 0 Å². The number of hydrogen-bond acceptors (Lipinski definition) is 4. The van der Waals surface area contributed by atoms with Crippen LogP contribution in [0.2, 0.25) is 0 Å². The molecule has 0 heterocycles. The third-order valence-corrected chi connectivity index (χ3v) is 8.39. The minimum atomic E-state index is -2.33. The van der Waals surface area contributed by atoms with E-state index in [1.807, 2.05) is 0 Å². The summed E-state index contributed by atoms with van der Waals surface area (Å²) in [5.41, 5.74) is 0. The summed E-state index contributed by atoms with van der Waals surface area (Å²) < 4.78 is 0. The van der Waals surface area contributed by atoms with E-state index in [1.165, 1.54) is 47.8 Å². The fourth-order valence-electron chi connectivity index (χ4n) is 3.09. The monoisotopic (exact) mass is 562 g/mol. The summed E-state index contributed by atoms with van der Waals surface area (Å²) in [4.78, 5) is 54.7. The first-order chi connectivity index (χ1) is 13.5. The van der Waals surface area contributed by atoms with E-state index >= 15 is 0 Å². The molecule has 176 valence electrons. The molecule has 0 aromatic rings. The summed E-state index contributed by atoms with van der Waals surface area (Å²) in [6.07, 6.45) is 1.21. The predicted molar refractivity (Wildman–Crippen MR) is 115 cm³/mol. The number of urea groups is 4. The van der Waals surface area contributed by atoms with Crippen LogP contribution in [0.5, 0.6) is 0 Å². The van der Waals surface area contributed by atoms with E-state index in [0.29, 0.717) is 25.1 Å². The first-order valence-electron chi connectivity index (χ1n) is 9.03. The first-order valence-corrected chi connectivity index (χ1v) is 11.6. The van der Waals surface area contributed by atoms with Crippen LogP contribution >= 0.6 is 7.26 Å². The third-order valence-electron chi connectivity index (χ3n) is 4.29. The zero-order chi connectivity index (χ0) is 22.8. The summed E-state index contributed by atoms with van der Waals surface area (Å²) in [5, 5.41) is 10.3. The smallest absolute Gasteiger partial charge is 0.319 e. The van der Waals surface area contributed by atoms with E-state index < -0.39 is 7.26 Å². The molecule has 0 aliphatic rings. The van der Waals surface area contributed by atoms with Crippen LogP contribution in [0.25, 0.3) is 0 Å². The maximum atomic E-state index is 12.2. The van der Waals surface area contributed by atoms with Crippen LogP contribution in [0, 0.1) is 0 Å². The third kappa shape index (κ3) is 9.37. The fraction of sp³-hybridized carbons (Fsp3) is 0.750. The van der Waals surface area contributed by atoms with E-state index in [9.17, 15) is 19.2 Å². The molecule has 0 spiro atoms. The maximum Gasteiger partial charge on any atom is 0.319 e. The second-order valence-electron chi connectivity index (χ2n) is 6.92. The van der Waals surface area contributed by atoms with Crippen LogP contribution in [0.1, 0.15) is 0 Å². The SMILES string of the molecule is CNC(=O)N(C)C[P+](CN(C)C(=O)NC)(CN(C)C(=O)NC)CN(C)C(=O)NC.[I-]. The minimum absolute atomic E-state index is 0. The Morgan fingerprint density at radius 3 is 0.833 bits per heavy atom. The zero-order valence-corrected chi connectivity index (χ0v) is 22.1. The lowest BCUT2D eigenvalue weighted by molar-refractivity contribution is -0.0000191. The molecular formula is C16H36IN8O4P. The Morgan fingerprint density at radius 2 is 0.700 bits per heavy atom. The average Bonchev–Trinajstić information content (AvgIpc) is 2.70. The first kappa shape index (κ1) is 30.4. The molecular weight excluding hydrogens is 526 g/mol. The Kier molecular flexibility index (Phi) is 14.5. The van der Waals surface area contributed by atoms with Gasteiger partial charge in [-0.25, -0.2) is 19.2 Å². The van der Waals surface area contributed by atoms with Gasteiger partial charge in [0.25, 0.3) is 0 Å². The van der Waals surface area contributed by atoms with E-state index in [1.54, 1.807) is 28.2 Å². The van der Waals surface area contributed by atoms with Crippen LogP contribution in [-0.4, -0.2) is 125 Å². The van der Waals surface area contributed by atoms with Gasteiger partial charge in [0, 0.05) is 56.4 Å². The van der Waals surface area contributed by atoms with Crippen molar-refractivity contribution in [2.24, 2.45) is 0 Å². The Labute approximate surface area is 196 Å². The summed E-state index contributed by atoms with van der Waals surface area (Å²) in [7, 11) is 10.4. The van der Waals surface area contributed by atoms with Crippen molar-refractivity contribution < 1.29 is 43.2 Å². The van der Waals surface area contributed by atoms with Crippen molar-refractivity contribution in [3.05, 3.63) is 0 Å². The van der Waals surface area contributed by atoms with E-state index in [2.05, 4.69) is 21.3 Å². The molecule has 0 aromatic heterocycles. The van der Waals surface area contributed by atoms with Crippen LogP contribution in [0.3, 0.4) is 0 Å². The van der Waals surface area contributed by atoms with Gasteiger partial charge in [-0.05, 0) is 0 Å². The second-order valence-corrected chi connectivity index (χ2v) is 10.7. The number of amides is 8. The molecule has 14 heteroatoms. The minimum Gasteiger partial charge on any atom is -1.00 e. The Balaban J connectivity index is 0. The largest absolute Gasteiger partial charge is 1.00 e. The zero-order valence-electron chi connectivity index (χ0n) is 19.1. The predicted octanol–water partition coefficient (Wildman–Crippen LogP) is -3.08. The quantitative estimate of drug-likeness (QED) is 0.185. The van der Waals surface area contributed by atoms with E-state index in [-0.39, 0.29) is 48.1 Å². The summed E-state index contributed by atoms with van der Waals surface area (Å²) in [5.74, 6) is 0. The van der Waals surface area contributed by atoms with Gasteiger partial charge >= 0.3 is 24.1 Å². The standard InChI is InChI=1S/C16H35N8O4P.HI/c1-17-13(25)21(5)9-29(10-22(6)14(26)18-2,11-23(7)15(27)19-3)12-24(8)16(28)20-4;/h9-12H2,1-8H3,(H3-,17,18,19,20,25,26,27,28);1H. The van der Waals surface area contributed by atoms with Gasteiger partial charge < -0.3 is 45.2 Å². The highest BCUT2D eigenvalue weighted by Crippen LogP contribution is 2.59. The Bertz CT molecular complexity index is 496. The molecule has 0 unspecified atom stereocenters. The Hall–Kier alpha value is -1.76. The van der Waals surface area contributed by atoms with Crippen molar-refractivity contribution in [2.75, 3.05) is 81.5 Å². The number of carbonyl (C=O) groups excluding carboxylic acids is 4. The van der Waals surface area contributed by atoms with E-state index in [0.717, 1.165) is 0 Å². The van der Waals surface area contributed by atoms with Gasteiger partial charge in [-0.2, -0.15) is 0 Å². The molecule has 0 aromatic carbocycles. The molecule has 0 aliphatic carbocycles. The number of halogens is 1. The summed E-state index contributed by atoms with van der Waals surface area (Å²) in [6, 6.07) is -1.16. The highest BCUT2D eigenvalue weighted by molar-refractivity contribution is 7.75. The van der Waals surface area contributed by atoms with E-state index in [4.69, 9.17) is 0 Å². The topological polar surface area (TPSA) is 129 Å². The molecule has 8 amide bonds. The average molecular weight is 562 g/mol. The van der Waals surface area contributed by atoms with Gasteiger partial charge in [-0.15, -0.1) is 0 Å². The Morgan fingerprint density at radius 1 is 0.533 bits per heavy atom. The van der Waals surface area contributed by atoms with Crippen molar-refractivity contribution in [3.63, 3.8) is 0 Å². The molecule has 0 radical (unpaired) electrons. The molecule has 4 N–H and O–H groups in total. The van der Waals surface area contributed by atoms with Gasteiger partial charge in [0.15, 0.2) is 0 Å². The van der Waals surface area contributed by atoms with Gasteiger partial charge in [0.2, 0.25) is 0 Å². The van der Waals surface area contributed by atoms with Crippen molar-refractivity contribution in [2.45, 2.75) is 0 Å². The fourth-order valence-corrected chi connectivity index (χ4v) is 7.74. The molecule has 0 aliphatic heterocycles. The number of nitrogens with one attached hydrogen (secondary N) is 4. The van der Waals surface area contributed by atoms with Crippen molar-refractivity contribution in [1.29, 1.82) is 0 Å². The van der Waals surface area contributed by atoms with Crippen molar-refractivity contribution in [3.8, 4) is 0 Å². The number of carbonyl (C=O) groups is 4. The van der Waals surface area contributed by atoms with Gasteiger partial charge in [0.1, 0.15) is 25.1 Å². The highest BCUT2D eigenvalue weighted by Gasteiger charge is 2.46. The lowest BCUT2D eigenvalue weighted by atomic mass is 10.8. The normalized spacial score (nSPS) is 10.1. The lowest BCUT2D eigenvalue weighted by Crippen LogP contribution is -3.00. The van der Waals surface area contributed by atoms with Crippen LogP contribution < -0.4 is 45.2 Å². The lowest BCUT2D eigenvalue weighted by Gasteiger charge is -2.37. The van der Waals surface area contributed by atoms with Crippen LogP contribution in [0.4, 0.5) is 19.2 Å². The molecule has 0 saturated carbocycles. The van der Waals surface area contributed by atoms with Gasteiger partial charge in [0.05, 0.1) is 7.26 Å².